The molecule has 2 fully saturated rings. The minimum absolute atomic E-state index is 0.0327. The number of anilines is 1. The van der Waals surface area contributed by atoms with Gasteiger partial charge in [-0.15, -0.1) is 6.42 Å². The van der Waals surface area contributed by atoms with Gasteiger partial charge >= 0.3 is 6.18 Å². The first-order chi connectivity index (χ1) is 12.8. The van der Waals surface area contributed by atoms with Crippen LogP contribution in [0.25, 0.3) is 0 Å². The maximum Gasteiger partial charge on any atom is 0.416 e. The van der Waals surface area contributed by atoms with Gasteiger partial charge in [-0.05, 0) is 43.5 Å². The third-order valence-corrected chi connectivity index (χ3v) is 5.30. The first kappa shape index (κ1) is 19.3. The number of alkyl halides is 3. The molecule has 1 amide bonds. The Balaban J connectivity index is 1.73. The number of carbonyl (C=O) groups is 2. The molecule has 0 radical (unpaired) electrons. The predicted molar refractivity (Wildman–Crippen MR) is 94.9 cm³/mol. The second-order valence-electron chi connectivity index (χ2n) is 7.26. The molecule has 1 aromatic rings. The van der Waals surface area contributed by atoms with Crippen LogP contribution in [0.15, 0.2) is 24.3 Å². The van der Waals surface area contributed by atoms with Crippen molar-refractivity contribution >= 4 is 17.9 Å². The van der Waals surface area contributed by atoms with E-state index in [4.69, 9.17) is 6.42 Å². The molecule has 7 heteroatoms. The molecule has 4 nitrogen and oxygen atoms in total. The van der Waals surface area contributed by atoms with E-state index in [0.717, 1.165) is 31.3 Å². The Morgan fingerprint density at radius 1 is 1.33 bits per heavy atom. The number of nitrogens with zero attached hydrogens (tertiary/aromatic N) is 2. The third kappa shape index (κ3) is 3.95. The summed E-state index contributed by atoms with van der Waals surface area (Å²) < 4.78 is 38.1. The number of hydrogen-bond donors (Lipinski definition) is 0. The maximum atomic E-state index is 12.7. The van der Waals surface area contributed by atoms with E-state index in [1.165, 1.54) is 17.0 Å². The molecule has 3 rings (SSSR count). The van der Waals surface area contributed by atoms with Crippen molar-refractivity contribution in [2.45, 2.75) is 37.5 Å². The highest BCUT2D eigenvalue weighted by molar-refractivity contribution is 5.85. The van der Waals surface area contributed by atoms with Crippen LogP contribution in [0.1, 0.15) is 24.8 Å². The van der Waals surface area contributed by atoms with Gasteiger partial charge in [-0.1, -0.05) is 5.92 Å². The number of aldehydes is 1. The van der Waals surface area contributed by atoms with E-state index in [-0.39, 0.29) is 17.7 Å². The van der Waals surface area contributed by atoms with Crippen molar-refractivity contribution in [2.24, 2.45) is 11.8 Å². The molecule has 1 aliphatic carbocycles. The minimum Gasteiger partial charge on any atom is -0.374 e. The van der Waals surface area contributed by atoms with Crippen molar-refractivity contribution in [3.8, 4) is 12.3 Å². The van der Waals surface area contributed by atoms with Crippen LogP contribution < -0.4 is 4.90 Å². The molecular formula is C20H21F3N2O2. The number of likely N-dealkylation sites (tertiary alicyclic amines) is 1. The van der Waals surface area contributed by atoms with Crippen LogP contribution in [0.4, 0.5) is 18.9 Å². The first-order valence-electron chi connectivity index (χ1n) is 8.88. The number of rotatable bonds is 5. The Kier molecular flexibility index (Phi) is 5.18. The number of halogens is 3. The SMILES string of the molecule is C#CC1C(CN(C)c2ccc(C(F)(F)F)cc2)CC(C=O)N1C(=O)C1CC1. The number of carbonyl (C=O) groups excluding carboxylic acids is 2. The van der Waals surface area contributed by atoms with Gasteiger partial charge in [-0.25, -0.2) is 0 Å². The summed E-state index contributed by atoms with van der Waals surface area (Å²) in [7, 11) is 1.76. The molecule has 0 aromatic heterocycles. The molecule has 144 valence electrons. The van der Waals surface area contributed by atoms with Crippen LogP contribution in [0.3, 0.4) is 0 Å². The lowest BCUT2D eigenvalue weighted by molar-refractivity contribution is -0.137. The Bertz CT molecular complexity index is 750. The van der Waals surface area contributed by atoms with E-state index < -0.39 is 23.8 Å². The van der Waals surface area contributed by atoms with Crippen LogP contribution in [0, 0.1) is 24.2 Å². The van der Waals surface area contributed by atoms with Crippen molar-refractivity contribution in [3.05, 3.63) is 29.8 Å². The predicted octanol–water partition coefficient (Wildman–Crippen LogP) is 2.97. The summed E-state index contributed by atoms with van der Waals surface area (Å²) >= 11 is 0. The lowest BCUT2D eigenvalue weighted by atomic mass is 9.98. The summed E-state index contributed by atoms with van der Waals surface area (Å²) in [6, 6.07) is 3.88. The van der Waals surface area contributed by atoms with E-state index in [1.54, 1.807) is 7.05 Å². The van der Waals surface area contributed by atoms with E-state index in [1.807, 2.05) is 4.90 Å². The van der Waals surface area contributed by atoms with E-state index in [0.29, 0.717) is 18.7 Å². The van der Waals surface area contributed by atoms with Gasteiger partial charge in [-0.3, -0.25) is 4.79 Å². The topological polar surface area (TPSA) is 40.6 Å². The van der Waals surface area contributed by atoms with Gasteiger partial charge in [0.05, 0.1) is 17.6 Å². The molecule has 1 saturated carbocycles. The largest absolute Gasteiger partial charge is 0.416 e. The van der Waals surface area contributed by atoms with Crippen molar-refractivity contribution in [1.82, 2.24) is 4.90 Å². The average Bonchev–Trinajstić information content (AvgIpc) is 3.42. The molecule has 1 saturated heterocycles. The molecule has 1 aliphatic heterocycles. The second kappa shape index (κ2) is 7.26. The summed E-state index contributed by atoms with van der Waals surface area (Å²) in [6.45, 7) is 0.443. The molecule has 1 aromatic carbocycles. The standard InChI is InChI=1S/C20H21F3N2O2/c1-3-18-14(10-17(12-26)25(18)19(27)13-4-5-13)11-24(2)16-8-6-15(7-9-16)20(21,22)23/h1,6-9,12-14,17-18H,4-5,10-11H2,2H3. The van der Waals surface area contributed by atoms with Crippen LogP contribution >= 0.6 is 0 Å². The van der Waals surface area contributed by atoms with Gasteiger partial charge in [0.15, 0.2) is 0 Å². The van der Waals surface area contributed by atoms with Crippen LogP contribution in [-0.4, -0.2) is 42.8 Å². The third-order valence-electron chi connectivity index (χ3n) is 5.30. The van der Waals surface area contributed by atoms with Gasteiger partial charge in [0.2, 0.25) is 5.91 Å². The fourth-order valence-corrected chi connectivity index (χ4v) is 3.70. The van der Waals surface area contributed by atoms with Crippen LogP contribution in [0.2, 0.25) is 0 Å². The Labute approximate surface area is 156 Å². The van der Waals surface area contributed by atoms with Gasteiger partial charge in [-0.2, -0.15) is 13.2 Å². The summed E-state index contributed by atoms with van der Waals surface area (Å²) in [5.74, 6) is 2.43. The van der Waals surface area contributed by atoms with Crippen LogP contribution in [0.5, 0.6) is 0 Å². The summed E-state index contributed by atoms with van der Waals surface area (Å²) in [5, 5.41) is 0. The van der Waals surface area contributed by atoms with E-state index in [9.17, 15) is 22.8 Å². The molecule has 0 spiro atoms. The monoisotopic (exact) mass is 378 g/mol. The maximum absolute atomic E-state index is 12.7. The fraction of sp³-hybridized carbons (Fsp3) is 0.500. The molecule has 3 atom stereocenters. The number of hydrogen-bond acceptors (Lipinski definition) is 3. The summed E-state index contributed by atoms with van der Waals surface area (Å²) in [6.07, 6.45) is 4.17. The molecule has 1 heterocycles. The normalized spacial score (nSPS) is 25.1. The van der Waals surface area contributed by atoms with Gasteiger partial charge in [0.1, 0.15) is 6.29 Å². The Morgan fingerprint density at radius 2 is 1.96 bits per heavy atom. The number of terminal acetylenes is 1. The summed E-state index contributed by atoms with van der Waals surface area (Å²) in [4.78, 5) is 27.4. The van der Waals surface area contributed by atoms with Crippen molar-refractivity contribution < 1.29 is 22.8 Å². The fourth-order valence-electron chi connectivity index (χ4n) is 3.70. The molecular weight excluding hydrogens is 357 g/mol. The van der Waals surface area contributed by atoms with Gasteiger partial charge < -0.3 is 14.6 Å². The lowest BCUT2D eigenvalue weighted by Crippen LogP contribution is -2.44. The number of amides is 1. The average molecular weight is 378 g/mol. The zero-order valence-electron chi connectivity index (χ0n) is 14.9. The van der Waals surface area contributed by atoms with Crippen molar-refractivity contribution in [3.63, 3.8) is 0 Å². The second-order valence-corrected chi connectivity index (χ2v) is 7.26. The minimum atomic E-state index is -4.38. The van der Waals surface area contributed by atoms with Gasteiger partial charge in [0, 0.05) is 31.1 Å². The van der Waals surface area contributed by atoms with Crippen molar-refractivity contribution in [2.75, 3.05) is 18.5 Å². The Morgan fingerprint density at radius 3 is 2.44 bits per heavy atom. The highest BCUT2D eigenvalue weighted by atomic mass is 19.4. The first-order valence-corrected chi connectivity index (χ1v) is 8.88. The highest BCUT2D eigenvalue weighted by Crippen LogP contribution is 2.38. The Hall–Kier alpha value is -2.49. The molecule has 0 bridgehead atoms. The zero-order valence-corrected chi connectivity index (χ0v) is 14.9. The van der Waals surface area contributed by atoms with E-state index >= 15 is 0 Å². The summed E-state index contributed by atoms with van der Waals surface area (Å²) in [5.41, 5.74) is -0.0855. The molecule has 27 heavy (non-hydrogen) atoms. The molecule has 0 N–H and O–H groups in total. The smallest absolute Gasteiger partial charge is 0.374 e. The highest BCUT2D eigenvalue weighted by Gasteiger charge is 2.47. The quantitative estimate of drug-likeness (QED) is 0.584. The number of benzene rings is 1. The molecule has 2 aliphatic rings. The van der Waals surface area contributed by atoms with Crippen LogP contribution in [-0.2, 0) is 15.8 Å². The zero-order chi connectivity index (χ0) is 19.8. The van der Waals surface area contributed by atoms with Gasteiger partial charge in [0.25, 0.3) is 0 Å². The van der Waals surface area contributed by atoms with E-state index in [2.05, 4.69) is 5.92 Å². The van der Waals surface area contributed by atoms with Crippen molar-refractivity contribution in [1.29, 1.82) is 0 Å². The lowest BCUT2D eigenvalue weighted by Gasteiger charge is -2.29. The molecule has 3 unspecified atom stereocenters.